The van der Waals surface area contributed by atoms with Crippen LogP contribution in [0.25, 0.3) is 22.5 Å². The quantitative estimate of drug-likeness (QED) is 0.756. The summed E-state index contributed by atoms with van der Waals surface area (Å²) in [5.41, 5.74) is 0.859. The Morgan fingerprint density at radius 1 is 1.20 bits per heavy atom. The molecule has 4 heteroatoms. The molecule has 1 unspecified atom stereocenters. The Hall–Kier alpha value is -2.07. The largest absolute Gasteiger partial charge is 0.453 e. The van der Waals surface area contributed by atoms with Gasteiger partial charge in [-0.25, -0.2) is 4.98 Å². The van der Waals surface area contributed by atoms with Gasteiger partial charge in [-0.1, -0.05) is 25.1 Å². The second-order valence-electron chi connectivity index (χ2n) is 4.89. The Labute approximate surface area is 117 Å². The molecule has 0 fully saturated rings. The third-order valence-corrected chi connectivity index (χ3v) is 3.26. The van der Waals surface area contributed by atoms with Crippen molar-refractivity contribution in [2.75, 3.05) is 6.54 Å². The highest BCUT2D eigenvalue weighted by Gasteiger charge is 2.15. The molecule has 3 rings (SSSR count). The molecule has 0 saturated carbocycles. The van der Waals surface area contributed by atoms with Gasteiger partial charge in [0.2, 0.25) is 5.89 Å². The molecule has 20 heavy (non-hydrogen) atoms. The molecule has 2 aromatic heterocycles. The number of benzene rings is 1. The van der Waals surface area contributed by atoms with Crippen molar-refractivity contribution in [3.63, 3.8) is 0 Å². The van der Waals surface area contributed by atoms with Crippen LogP contribution in [0.1, 0.15) is 32.2 Å². The van der Waals surface area contributed by atoms with Crippen molar-refractivity contribution in [1.29, 1.82) is 0 Å². The van der Waals surface area contributed by atoms with Crippen LogP contribution >= 0.6 is 0 Å². The van der Waals surface area contributed by atoms with Gasteiger partial charge >= 0.3 is 0 Å². The number of aromatic nitrogens is 1. The van der Waals surface area contributed by atoms with Gasteiger partial charge < -0.3 is 14.2 Å². The van der Waals surface area contributed by atoms with E-state index in [0.717, 1.165) is 23.9 Å². The lowest BCUT2D eigenvalue weighted by Crippen LogP contribution is -2.19. The number of nitrogens with one attached hydrogen (secondary N) is 1. The molecule has 0 aliphatic heterocycles. The summed E-state index contributed by atoms with van der Waals surface area (Å²) in [6.45, 7) is 5.13. The van der Waals surface area contributed by atoms with E-state index < -0.39 is 0 Å². The summed E-state index contributed by atoms with van der Waals surface area (Å²) in [4.78, 5) is 4.33. The lowest BCUT2D eigenvalue weighted by molar-refractivity contribution is 0.417. The van der Waals surface area contributed by atoms with Crippen molar-refractivity contribution in [1.82, 2.24) is 10.3 Å². The summed E-state index contributed by atoms with van der Waals surface area (Å²) in [6.07, 6.45) is 2.80. The molecule has 0 saturated heterocycles. The first-order valence-corrected chi connectivity index (χ1v) is 6.96. The summed E-state index contributed by atoms with van der Waals surface area (Å²) < 4.78 is 11.6. The van der Waals surface area contributed by atoms with E-state index in [2.05, 4.69) is 17.2 Å². The predicted octanol–water partition coefficient (Wildman–Crippen LogP) is 4.15. The van der Waals surface area contributed by atoms with Crippen LogP contribution < -0.4 is 5.32 Å². The summed E-state index contributed by atoms with van der Waals surface area (Å²) >= 11 is 0. The van der Waals surface area contributed by atoms with Gasteiger partial charge in [0.25, 0.3) is 0 Å². The Balaban J connectivity index is 1.85. The zero-order chi connectivity index (χ0) is 13.9. The number of furan rings is 1. The Morgan fingerprint density at radius 2 is 2.05 bits per heavy atom. The van der Waals surface area contributed by atoms with Gasteiger partial charge in [0.05, 0.1) is 12.2 Å². The third kappa shape index (κ3) is 2.47. The van der Waals surface area contributed by atoms with Crippen LogP contribution in [-0.4, -0.2) is 11.5 Å². The van der Waals surface area contributed by atoms with Gasteiger partial charge in [0.15, 0.2) is 11.5 Å². The highest BCUT2D eigenvalue weighted by Crippen LogP contribution is 2.29. The molecule has 3 aromatic rings. The van der Waals surface area contributed by atoms with Gasteiger partial charge in [-0.3, -0.25) is 0 Å². The van der Waals surface area contributed by atoms with E-state index in [4.69, 9.17) is 8.83 Å². The standard InChI is InChI=1S/C16H18N2O2/c1-3-8-17-11(2)16-18-10-15(20-16)14-9-12-6-4-5-7-13(12)19-14/h4-7,9-11,17H,3,8H2,1-2H3. The van der Waals surface area contributed by atoms with E-state index >= 15 is 0 Å². The van der Waals surface area contributed by atoms with Gasteiger partial charge in [-0.05, 0) is 32.0 Å². The average molecular weight is 270 g/mol. The van der Waals surface area contributed by atoms with Gasteiger partial charge in [0.1, 0.15) is 5.58 Å². The number of fused-ring (bicyclic) bond motifs is 1. The zero-order valence-electron chi connectivity index (χ0n) is 11.7. The first-order valence-electron chi connectivity index (χ1n) is 6.96. The summed E-state index contributed by atoms with van der Waals surface area (Å²) in [5.74, 6) is 2.07. The number of nitrogens with zero attached hydrogens (tertiary/aromatic N) is 1. The van der Waals surface area contributed by atoms with Crippen molar-refractivity contribution < 1.29 is 8.83 Å². The molecule has 1 atom stereocenters. The molecule has 1 N–H and O–H groups in total. The highest BCUT2D eigenvalue weighted by molar-refractivity contribution is 5.81. The normalized spacial score (nSPS) is 12.9. The molecule has 1 aromatic carbocycles. The summed E-state index contributed by atoms with van der Waals surface area (Å²) in [7, 11) is 0. The second kappa shape index (κ2) is 5.51. The number of hydrogen-bond donors (Lipinski definition) is 1. The molecule has 4 nitrogen and oxygen atoms in total. The van der Waals surface area contributed by atoms with Gasteiger partial charge in [-0.2, -0.15) is 0 Å². The lowest BCUT2D eigenvalue weighted by Gasteiger charge is -2.08. The fourth-order valence-corrected chi connectivity index (χ4v) is 2.15. The van der Waals surface area contributed by atoms with Gasteiger partial charge in [0, 0.05) is 5.39 Å². The van der Waals surface area contributed by atoms with Crippen LogP contribution in [0.3, 0.4) is 0 Å². The molecule has 2 heterocycles. The smallest absolute Gasteiger partial charge is 0.211 e. The SMILES string of the molecule is CCCNC(C)c1ncc(-c2cc3ccccc3o2)o1. The molecular weight excluding hydrogens is 252 g/mol. The molecule has 0 aliphatic rings. The van der Waals surface area contributed by atoms with Crippen LogP contribution in [-0.2, 0) is 0 Å². The zero-order valence-corrected chi connectivity index (χ0v) is 11.7. The Morgan fingerprint density at radius 3 is 2.85 bits per heavy atom. The van der Waals surface area contributed by atoms with Crippen molar-refractivity contribution in [2.45, 2.75) is 26.3 Å². The maximum atomic E-state index is 5.79. The number of para-hydroxylation sites is 1. The molecule has 0 amide bonds. The minimum atomic E-state index is 0.105. The highest BCUT2D eigenvalue weighted by atomic mass is 16.4. The molecule has 0 aliphatic carbocycles. The maximum Gasteiger partial charge on any atom is 0.211 e. The molecule has 0 bridgehead atoms. The first kappa shape index (κ1) is 12.9. The lowest BCUT2D eigenvalue weighted by atomic mass is 10.2. The monoisotopic (exact) mass is 270 g/mol. The fraction of sp³-hybridized carbons (Fsp3) is 0.312. The van der Waals surface area contributed by atoms with E-state index in [0.29, 0.717) is 17.4 Å². The fourth-order valence-electron chi connectivity index (χ4n) is 2.15. The second-order valence-corrected chi connectivity index (χ2v) is 4.89. The molecule has 104 valence electrons. The van der Waals surface area contributed by atoms with E-state index in [-0.39, 0.29) is 6.04 Å². The van der Waals surface area contributed by atoms with Crippen molar-refractivity contribution in [3.05, 3.63) is 42.4 Å². The molecular formula is C16H18N2O2. The van der Waals surface area contributed by atoms with Crippen LogP contribution in [0, 0.1) is 0 Å². The van der Waals surface area contributed by atoms with Crippen molar-refractivity contribution in [3.8, 4) is 11.5 Å². The number of rotatable bonds is 5. The summed E-state index contributed by atoms with van der Waals surface area (Å²) in [5, 5.41) is 4.42. The number of oxazole rings is 1. The van der Waals surface area contributed by atoms with E-state index in [1.807, 2.05) is 37.3 Å². The van der Waals surface area contributed by atoms with Crippen LogP contribution in [0.15, 0.2) is 45.4 Å². The summed E-state index contributed by atoms with van der Waals surface area (Å²) in [6, 6.07) is 9.99. The van der Waals surface area contributed by atoms with Crippen molar-refractivity contribution >= 4 is 11.0 Å². The first-order chi connectivity index (χ1) is 9.78. The predicted molar refractivity (Wildman–Crippen MR) is 78.4 cm³/mol. The number of hydrogen-bond acceptors (Lipinski definition) is 4. The van der Waals surface area contributed by atoms with E-state index in [1.165, 1.54) is 0 Å². The molecule has 0 spiro atoms. The van der Waals surface area contributed by atoms with Crippen LogP contribution in [0.2, 0.25) is 0 Å². The van der Waals surface area contributed by atoms with Gasteiger partial charge in [-0.15, -0.1) is 0 Å². The Bertz CT molecular complexity index is 666. The van der Waals surface area contributed by atoms with Crippen molar-refractivity contribution in [2.24, 2.45) is 0 Å². The van der Waals surface area contributed by atoms with E-state index in [9.17, 15) is 0 Å². The third-order valence-electron chi connectivity index (χ3n) is 3.26. The topological polar surface area (TPSA) is 51.2 Å². The van der Waals surface area contributed by atoms with Crippen LogP contribution in [0.4, 0.5) is 0 Å². The minimum Gasteiger partial charge on any atom is -0.453 e. The minimum absolute atomic E-state index is 0.105. The van der Waals surface area contributed by atoms with E-state index in [1.54, 1.807) is 6.20 Å². The Kier molecular flexibility index (Phi) is 3.56. The average Bonchev–Trinajstić information content (AvgIpc) is 3.10. The maximum absolute atomic E-state index is 5.79. The van der Waals surface area contributed by atoms with Crippen LogP contribution in [0.5, 0.6) is 0 Å². The molecule has 0 radical (unpaired) electrons.